The lowest BCUT2D eigenvalue weighted by Crippen LogP contribution is -2.42. The fraction of sp³-hybridized carbons (Fsp3) is 0.917. The molecule has 0 aliphatic heterocycles. The Hall–Kier alpha value is -0.610. The molecule has 0 bridgehead atoms. The van der Waals surface area contributed by atoms with Crippen molar-refractivity contribution in [2.45, 2.75) is 57.6 Å². The summed E-state index contributed by atoms with van der Waals surface area (Å²) in [7, 11) is 0. The second kappa shape index (κ2) is 7.63. The first kappa shape index (κ1) is 13.5. The van der Waals surface area contributed by atoms with Gasteiger partial charge >= 0.3 is 5.97 Å². The Morgan fingerprint density at radius 1 is 1.44 bits per heavy atom. The van der Waals surface area contributed by atoms with Gasteiger partial charge in [-0.2, -0.15) is 0 Å². The summed E-state index contributed by atoms with van der Waals surface area (Å²) in [5.41, 5.74) is 0. The van der Waals surface area contributed by atoms with Crippen molar-refractivity contribution in [3.05, 3.63) is 0 Å². The van der Waals surface area contributed by atoms with Gasteiger partial charge in [-0.25, -0.2) is 0 Å². The molecule has 0 aromatic carbocycles. The lowest BCUT2D eigenvalue weighted by molar-refractivity contribution is -0.143. The Bertz CT molecular complexity index is 208. The second-order valence-corrected chi connectivity index (χ2v) is 4.32. The van der Waals surface area contributed by atoms with E-state index in [0.717, 1.165) is 32.2 Å². The fourth-order valence-corrected chi connectivity index (χ4v) is 2.10. The molecule has 4 heteroatoms. The minimum Gasteiger partial charge on any atom is -0.466 e. The summed E-state index contributed by atoms with van der Waals surface area (Å²) >= 11 is 0. The molecule has 1 aliphatic carbocycles. The molecule has 0 spiro atoms. The molecule has 1 saturated carbocycles. The molecule has 2 unspecified atom stereocenters. The van der Waals surface area contributed by atoms with Crippen LogP contribution >= 0.6 is 0 Å². The third-order valence-corrected chi connectivity index (χ3v) is 3.00. The highest BCUT2D eigenvalue weighted by Crippen LogP contribution is 2.18. The molecular formula is C12H23NO3. The van der Waals surface area contributed by atoms with Crippen LogP contribution in [0.25, 0.3) is 0 Å². The molecule has 0 amide bonds. The quantitative estimate of drug-likeness (QED) is 0.531. The highest BCUT2D eigenvalue weighted by atomic mass is 16.5. The van der Waals surface area contributed by atoms with E-state index in [1.165, 1.54) is 6.42 Å². The van der Waals surface area contributed by atoms with Crippen LogP contribution in [0.3, 0.4) is 0 Å². The molecule has 2 atom stereocenters. The minimum atomic E-state index is -0.212. The van der Waals surface area contributed by atoms with Crippen molar-refractivity contribution in [1.29, 1.82) is 0 Å². The van der Waals surface area contributed by atoms with Crippen molar-refractivity contribution >= 4 is 5.97 Å². The van der Waals surface area contributed by atoms with E-state index >= 15 is 0 Å². The molecular weight excluding hydrogens is 206 g/mol. The van der Waals surface area contributed by atoms with E-state index in [0.29, 0.717) is 13.0 Å². The summed E-state index contributed by atoms with van der Waals surface area (Å²) in [6, 6.07) is 0.218. The van der Waals surface area contributed by atoms with Gasteiger partial charge < -0.3 is 15.2 Å². The summed E-state index contributed by atoms with van der Waals surface area (Å²) in [5, 5.41) is 13.0. The predicted octanol–water partition coefficient (Wildman–Crippen LogP) is 1.22. The summed E-state index contributed by atoms with van der Waals surface area (Å²) in [5.74, 6) is -0.131. The first-order valence-corrected chi connectivity index (χ1v) is 6.31. The first-order chi connectivity index (χ1) is 7.74. The van der Waals surface area contributed by atoms with Gasteiger partial charge in [0.1, 0.15) is 0 Å². The number of ether oxygens (including phenoxy) is 1. The molecule has 16 heavy (non-hydrogen) atoms. The maximum atomic E-state index is 11.1. The fourth-order valence-electron chi connectivity index (χ4n) is 2.10. The summed E-state index contributed by atoms with van der Waals surface area (Å²) in [6.45, 7) is 3.04. The normalized spacial score (nSPS) is 25.4. The van der Waals surface area contributed by atoms with Gasteiger partial charge in [0.05, 0.1) is 12.7 Å². The minimum absolute atomic E-state index is 0.131. The van der Waals surface area contributed by atoms with Crippen LogP contribution in [0.4, 0.5) is 0 Å². The van der Waals surface area contributed by atoms with Crippen LogP contribution < -0.4 is 5.32 Å². The molecule has 0 aromatic rings. The van der Waals surface area contributed by atoms with E-state index < -0.39 is 0 Å². The topological polar surface area (TPSA) is 58.6 Å². The van der Waals surface area contributed by atoms with Gasteiger partial charge in [0.2, 0.25) is 0 Å². The maximum absolute atomic E-state index is 11.1. The molecule has 0 heterocycles. The largest absolute Gasteiger partial charge is 0.466 e. The van der Waals surface area contributed by atoms with Gasteiger partial charge in [-0.15, -0.1) is 0 Å². The zero-order valence-electron chi connectivity index (χ0n) is 10.1. The van der Waals surface area contributed by atoms with E-state index in [1.807, 2.05) is 6.92 Å². The smallest absolute Gasteiger partial charge is 0.305 e. The van der Waals surface area contributed by atoms with E-state index in [2.05, 4.69) is 5.32 Å². The monoisotopic (exact) mass is 229 g/mol. The first-order valence-electron chi connectivity index (χ1n) is 6.31. The van der Waals surface area contributed by atoms with Gasteiger partial charge in [-0.1, -0.05) is 12.8 Å². The third-order valence-electron chi connectivity index (χ3n) is 3.00. The van der Waals surface area contributed by atoms with E-state index in [1.54, 1.807) is 0 Å². The zero-order chi connectivity index (χ0) is 11.8. The Morgan fingerprint density at radius 3 is 2.88 bits per heavy atom. The Kier molecular flexibility index (Phi) is 6.42. The van der Waals surface area contributed by atoms with Crippen LogP contribution in [-0.4, -0.2) is 36.4 Å². The molecule has 1 fully saturated rings. The number of carbonyl (C=O) groups excluding carboxylic acids is 1. The highest BCUT2D eigenvalue weighted by Gasteiger charge is 2.21. The Balaban J connectivity index is 2.03. The average Bonchev–Trinajstić information content (AvgIpc) is 2.27. The molecule has 0 aromatic heterocycles. The van der Waals surface area contributed by atoms with Gasteiger partial charge in [0, 0.05) is 12.5 Å². The molecule has 0 saturated heterocycles. The van der Waals surface area contributed by atoms with Gasteiger partial charge in [0.15, 0.2) is 0 Å². The van der Waals surface area contributed by atoms with Crippen LogP contribution in [0.2, 0.25) is 0 Å². The van der Waals surface area contributed by atoms with Crippen molar-refractivity contribution in [2.24, 2.45) is 0 Å². The molecule has 0 radical (unpaired) electrons. The molecule has 1 rings (SSSR count). The number of aliphatic hydroxyl groups excluding tert-OH is 1. The predicted molar refractivity (Wildman–Crippen MR) is 62.1 cm³/mol. The Morgan fingerprint density at radius 2 is 2.19 bits per heavy atom. The number of rotatable bonds is 6. The summed E-state index contributed by atoms with van der Waals surface area (Å²) < 4.78 is 4.84. The number of hydrogen-bond donors (Lipinski definition) is 2. The number of aliphatic hydroxyl groups is 1. The SMILES string of the molecule is CCOC(=O)CCCNC1CCCCC1O. The maximum Gasteiger partial charge on any atom is 0.305 e. The number of hydrogen-bond acceptors (Lipinski definition) is 4. The van der Waals surface area contributed by atoms with Crippen molar-refractivity contribution in [3.63, 3.8) is 0 Å². The lowest BCUT2D eigenvalue weighted by atomic mass is 9.92. The summed E-state index contributed by atoms with van der Waals surface area (Å²) in [4.78, 5) is 11.1. The van der Waals surface area contributed by atoms with Crippen molar-refractivity contribution in [1.82, 2.24) is 5.32 Å². The number of nitrogens with one attached hydrogen (secondary N) is 1. The Labute approximate surface area is 97.4 Å². The second-order valence-electron chi connectivity index (χ2n) is 4.32. The zero-order valence-corrected chi connectivity index (χ0v) is 10.1. The molecule has 4 nitrogen and oxygen atoms in total. The average molecular weight is 229 g/mol. The van der Waals surface area contributed by atoms with Crippen molar-refractivity contribution in [3.8, 4) is 0 Å². The van der Waals surface area contributed by atoms with Crippen molar-refractivity contribution in [2.75, 3.05) is 13.2 Å². The van der Waals surface area contributed by atoms with E-state index in [-0.39, 0.29) is 18.1 Å². The van der Waals surface area contributed by atoms with Crippen LogP contribution in [0.15, 0.2) is 0 Å². The van der Waals surface area contributed by atoms with Gasteiger partial charge in [0.25, 0.3) is 0 Å². The molecule has 1 aliphatic rings. The molecule has 94 valence electrons. The van der Waals surface area contributed by atoms with E-state index in [9.17, 15) is 9.90 Å². The van der Waals surface area contributed by atoms with Crippen LogP contribution in [0.1, 0.15) is 45.4 Å². The van der Waals surface area contributed by atoms with Gasteiger partial charge in [-0.3, -0.25) is 4.79 Å². The van der Waals surface area contributed by atoms with Gasteiger partial charge in [-0.05, 0) is 32.7 Å². The van der Waals surface area contributed by atoms with Crippen LogP contribution in [0, 0.1) is 0 Å². The number of esters is 1. The third kappa shape index (κ3) is 4.94. The van der Waals surface area contributed by atoms with Crippen LogP contribution in [0.5, 0.6) is 0 Å². The van der Waals surface area contributed by atoms with Crippen molar-refractivity contribution < 1.29 is 14.6 Å². The standard InChI is InChI=1S/C12H23NO3/c1-2-16-12(15)8-5-9-13-10-6-3-4-7-11(10)14/h10-11,13-14H,2-9H2,1H3. The molecule has 2 N–H and O–H groups in total. The highest BCUT2D eigenvalue weighted by molar-refractivity contribution is 5.69. The van der Waals surface area contributed by atoms with Crippen LogP contribution in [-0.2, 0) is 9.53 Å². The number of carbonyl (C=O) groups is 1. The van der Waals surface area contributed by atoms with E-state index in [4.69, 9.17) is 4.74 Å². The summed E-state index contributed by atoms with van der Waals surface area (Å²) in [6.07, 6.45) is 5.28. The lowest BCUT2D eigenvalue weighted by Gasteiger charge is -2.28.